The molecular formula is C32H44BrN3O4S. The van der Waals surface area contributed by atoms with Crippen molar-refractivity contribution in [3.05, 3.63) is 54.6 Å². The van der Waals surface area contributed by atoms with E-state index in [-0.39, 0.29) is 46.9 Å². The second kappa shape index (κ2) is 12.6. The van der Waals surface area contributed by atoms with Crippen LogP contribution in [0.2, 0.25) is 0 Å². The van der Waals surface area contributed by atoms with Gasteiger partial charge in [0.2, 0.25) is 11.8 Å². The lowest BCUT2D eigenvalue weighted by Crippen LogP contribution is -2.59. The van der Waals surface area contributed by atoms with Gasteiger partial charge in [-0.3, -0.25) is 14.4 Å². The van der Waals surface area contributed by atoms with Gasteiger partial charge in [0, 0.05) is 35.4 Å². The Morgan fingerprint density at radius 3 is 2.37 bits per heavy atom. The number of benzene rings is 1. The van der Waals surface area contributed by atoms with Crippen LogP contribution in [0.4, 0.5) is 5.69 Å². The van der Waals surface area contributed by atoms with Gasteiger partial charge in [0.1, 0.15) is 6.04 Å². The Kier molecular flexibility index (Phi) is 9.81. The van der Waals surface area contributed by atoms with Gasteiger partial charge in [-0.2, -0.15) is 0 Å². The van der Waals surface area contributed by atoms with Gasteiger partial charge in [-0.15, -0.1) is 24.9 Å². The molecule has 1 spiro atoms. The van der Waals surface area contributed by atoms with E-state index in [4.69, 9.17) is 0 Å². The zero-order valence-corrected chi connectivity index (χ0v) is 27.3. The summed E-state index contributed by atoms with van der Waals surface area (Å²) < 4.78 is -0.794. The average Bonchev–Trinajstić information content (AvgIpc) is 3.51. The van der Waals surface area contributed by atoms with Crippen molar-refractivity contribution >= 4 is 51.1 Å². The maximum atomic E-state index is 15.0. The molecule has 3 heterocycles. The molecule has 3 aliphatic heterocycles. The summed E-state index contributed by atoms with van der Waals surface area (Å²) in [7, 11) is 0. The maximum Gasteiger partial charge on any atom is 0.251 e. The lowest BCUT2D eigenvalue weighted by Gasteiger charge is -2.41. The second-order valence-electron chi connectivity index (χ2n) is 12.0. The highest BCUT2D eigenvalue weighted by Gasteiger charge is 2.76. The first kappa shape index (κ1) is 31.8. The lowest BCUT2D eigenvalue weighted by atomic mass is 9.70. The first-order chi connectivity index (χ1) is 19.5. The molecule has 3 unspecified atom stereocenters. The summed E-state index contributed by atoms with van der Waals surface area (Å²) in [5.74, 6) is -1.72. The van der Waals surface area contributed by atoms with Crippen LogP contribution < -0.4 is 4.90 Å². The molecule has 1 aromatic rings. The Hall–Kier alpha value is -2.10. The van der Waals surface area contributed by atoms with E-state index in [1.807, 2.05) is 52.8 Å². The number of aliphatic hydroxyl groups is 1. The number of para-hydroxylation sites is 1. The van der Waals surface area contributed by atoms with E-state index in [1.165, 1.54) is 0 Å². The molecule has 41 heavy (non-hydrogen) atoms. The molecule has 0 aliphatic carbocycles. The molecule has 3 amide bonds. The molecular weight excluding hydrogens is 602 g/mol. The van der Waals surface area contributed by atoms with E-state index in [9.17, 15) is 19.5 Å². The molecule has 2 bridgehead atoms. The lowest BCUT2D eigenvalue weighted by molar-refractivity contribution is -0.146. The zero-order chi connectivity index (χ0) is 30.2. The summed E-state index contributed by atoms with van der Waals surface area (Å²) in [5.41, 5.74) is 2.74. The molecule has 3 fully saturated rings. The maximum absolute atomic E-state index is 15.0. The van der Waals surface area contributed by atoms with Gasteiger partial charge in [0.25, 0.3) is 5.91 Å². The largest absolute Gasteiger partial charge is 0.394 e. The van der Waals surface area contributed by atoms with E-state index in [0.717, 1.165) is 23.2 Å². The Labute approximate surface area is 257 Å². The number of rotatable bonds is 12. The third-order valence-corrected chi connectivity index (χ3v) is 12.2. The van der Waals surface area contributed by atoms with Gasteiger partial charge in [-0.05, 0) is 43.7 Å². The Balaban J connectivity index is 1.89. The molecule has 4 rings (SSSR count). The topological polar surface area (TPSA) is 81.2 Å². The van der Waals surface area contributed by atoms with Gasteiger partial charge < -0.3 is 19.8 Å². The zero-order valence-electron chi connectivity index (χ0n) is 24.9. The standard InChI is InChI=1S/C32H44BrN3O4S/c1-8-14-34(15-9-2)29(38)24-25-30(39)36(23(18-37)19(4)5)28(32(25)17-22(33)27(24)41-32)31(40)35(16-10-3)26-20(6)12-11-13-21(26)7/h8,10-13,19,22-25,27-28,37H,1,3,9,14-18H2,2,4-7H3/t22?,23-,24+,25-,27+,28?,32?/m0/s1. The predicted octanol–water partition coefficient (Wildman–Crippen LogP) is 4.73. The number of nitrogens with zero attached hydrogens (tertiary/aromatic N) is 3. The number of aryl methyl sites for hydroxylation is 2. The third kappa shape index (κ3) is 5.20. The van der Waals surface area contributed by atoms with Crippen LogP contribution in [0.5, 0.6) is 0 Å². The summed E-state index contributed by atoms with van der Waals surface area (Å²) in [6.45, 7) is 18.7. The van der Waals surface area contributed by atoms with Crippen LogP contribution in [0.25, 0.3) is 0 Å². The molecule has 1 N–H and O–H groups in total. The van der Waals surface area contributed by atoms with Gasteiger partial charge in [0.15, 0.2) is 0 Å². The van der Waals surface area contributed by atoms with Crippen LogP contribution in [0.3, 0.4) is 0 Å². The average molecular weight is 647 g/mol. The number of hydrogen-bond donors (Lipinski definition) is 1. The Morgan fingerprint density at radius 2 is 1.83 bits per heavy atom. The van der Waals surface area contributed by atoms with Crippen LogP contribution in [0.1, 0.15) is 44.7 Å². The van der Waals surface area contributed by atoms with Gasteiger partial charge >= 0.3 is 0 Å². The first-order valence-corrected chi connectivity index (χ1v) is 16.4. The highest BCUT2D eigenvalue weighted by atomic mass is 79.9. The fourth-order valence-corrected chi connectivity index (χ4v) is 10.9. The van der Waals surface area contributed by atoms with Crippen LogP contribution in [-0.2, 0) is 14.4 Å². The van der Waals surface area contributed by atoms with Gasteiger partial charge in [0.05, 0.1) is 29.2 Å². The van der Waals surface area contributed by atoms with Crippen LogP contribution in [-0.4, -0.2) is 85.8 Å². The molecule has 1 aromatic carbocycles. The van der Waals surface area contributed by atoms with Crippen molar-refractivity contribution in [2.75, 3.05) is 31.1 Å². The molecule has 7 atom stereocenters. The number of hydrogen-bond acceptors (Lipinski definition) is 5. The minimum Gasteiger partial charge on any atom is -0.394 e. The summed E-state index contributed by atoms with van der Waals surface area (Å²) in [6, 6.07) is 4.55. The van der Waals surface area contributed by atoms with E-state index < -0.39 is 28.7 Å². The number of carbonyl (C=O) groups excluding carboxylic acids is 3. The molecule has 0 saturated carbocycles. The van der Waals surface area contributed by atoms with Crippen molar-refractivity contribution < 1.29 is 19.5 Å². The van der Waals surface area contributed by atoms with Gasteiger partial charge in [-0.1, -0.05) is 67.1 Å². The Morgan fingerprint density at radius 1 is 1.20 bits per heavy atom. The summed E-state index contributed by atoms with van der Waals surface area (Å²) in [4.78, 5) is 48.9. The normalized spacial score (nSPS) is 29.0. The smallest absolute Gasteiger partial charge is 0.251 e. The van der Waals surface area contributed by atoms with Crippen molar-refractivity contribution in [2.24, 2.45) is 17.8 Å². The number of anilines is 1. The van der Waals surface area contributed by atoms with Crippen molar-refractivity contribution in [3.8, 4) is 0 Å². The quantitative estimate of drug-likeness (QED) is 0.263. The van der Waals surface area contributed by atoms with Crippen molar-refractivity contribution in [1.29, 1.82) is 0 Å². The molecule has 3 aliphatic rings. The van der Waals surface area contributed by atoms with Crippen molar-refractivity contribution in [1.82, 2.24) is 9.80 Å². The monoisotopic (exact) mass is 645 g/mol. The summed E-state index contributed by atoms with van der Waals surface area (Å²) in [6.07, 6.45) is 4.83. The number of alkyl halides is 1. The van der Waals surface area contributed by atoms with Crippen molar-refractivity contribution in [2.45, 2.75) is 74.4 Å². The number of halogens is 1. The fourth-order valence-electron chi connectivity index (χ4n) is 7.33. The van der Waals surface area contributed by atoms with Gasteiger partial charge in [-0.25, -0.2) is 0 Å². The van der Waals surface area contributed by atoms with E-state index in [2.05, 4.69) is 29.1 Å². The molecule has 9 heteroatoms. The van der Waals surface area contributed by atoms with E-state index in [1.54, 1.807) is 38.6 Å². The van der Waals surface area contributed by atoms with E-state index in [0.29, 0.717) is 19.5 Å². The highest BCUT2D eigenvalue weighted by Crippen LogP contribution is 2.68. The fraction of sp³-hybridized carbons (Fsp3) is 0.594. The number of amides is 3. The number of carbonyl (C=O) groups is 3. The van der Waals surface area contributed by atoms with Crippen molar-refractivity contribution in [3.63, 3.8) is 0 Å². The molecule has 0 radical (unpaired) electrons. The number of likely N-dealkylation sites (tertiary alicyclic amines) is 1. The van der Waals surface area contributed by atoms with E-state index >= 15 is 0 Å². The minimum atomic E-state index is -0.828. The molecule has 0 aromatic heterocycles. The highest BCUT2D eigenvalue weighted by molar-refractivity contribution is 9.09. The SMILES string of the molecule is C=CCN(CCC)C(=O)[C@H]1[C@@H]2SC3(CC2Br)C(C(=O)N(CC=C)c2c(C)cccc2C)N([C@@H](CO)C(C)C)C(=O)[C@H]13. The number of fused-ring (bicyclic) bond motifs is 1. The summed E-state index contributed by atoms with van der Waals surface area (Å²) >= 11 is 5.50. The molecule has 224 valence electrons. The van der Waals surface area contributed by atoms with Crippen LogP contribution in [0.15, 0.2) is 43.5 Å². The molecule has 3 saturated heterocycles. The number of aliphatic hydroxyl groups excluding tert-OH is 1. The first-order valence-electron chi connectivity index (χ1n) is 14.6. The van der Waals surface area contributed by atoms with Crippen LogP contribution >= 0.6 is 27.7 Å². The predicted molar refractivity (Wildman–Crippen MR) is 170 cm³/mol. The molecule has 7 nitrogen and oxygen atoms in total. The minimum absolute atomic E-state index is 0.0207. The van der Waals surface area contributed by atoms with Crippen LogP contribution in [0, 0.1) is 31.6 Å². The summed E-state index contributed by atoms with van der Waals surface area (Å²) in [5, 5.41) is 10.4. The second-order valence-corrected chi connectivity index (χ2v) is 14.7. The Bertz CT molecular complexity index is 1190. The number of thioether (sulfide) groups is 1. The third-order valence-electron chi connectivity index (χ3n) is 9.00.